The molecule has 11 N–H and O–H groups in total. The SMILES string of the molecule is CCC(C)C(N)C(=O)NC(CCCN=C(N)N)C(=O)NCC(=O)NC(CCC(=O)O)C(=O)O. The van der Waals surface area contributed by atoms with Crippen molar-refractivity contribution in [1.29, 1.82) is 0 Å². The van der Waals surface area contributed by atoms with Gasteiger partial charge in [-0.2, -0.15) is 0 Å². The van der Waals surface area contributed by atoms with Gasteiger partial charge in [0.05, 0.1) is 12.6 Å². The topological polar surface area (TPSA) is 252 Å². The molecule has 14 heteroatoms. The molecule has 4 unspecified atom stereocenters. The molecule has 0 saturated heterocycles. The molecule has 188 valence electrons. The van der Waals surface area contributed by atoms with E-state index in [1.165, 1.54) is 0 Å². The van der Waals surface area contributed by atoms with E-state index in [1.54, 1.807) is 6.92 Å². The van der Waals surface area contributed by atoms with Crippen LogP contribution < -0.4 is 33.2 Å². The van der Waals surface area contributed by atoms with E-state index in [1.807, 2.05) is 6.92 Å². The normalized spacial score (nSPS) is 14.2. The minimum Gasteiger partial charge on any atom is -0.481 e. The van der Waals surface area contributed by atoms with Crippen LogP contribution in [-0.4, -0.2) is 77.0 Å². The van der Waals surface area contributed by atoms with Gasteiger partial charge in [0.25, 0.3) is 0 Å². The third-order valence-electron chi connectivity index (χ3n) is 4.84. The van der Waals surface area contributed by atoms with Crippen LogP contribution in [0.2, 0.25) is 0 Å². The molecular formula is C19H35N7O7. The molecule has 0 aliphatic rings. The summed E-state index contributed by atoms with van der Waals surface area (Å²) in [5.74, 6) is -4.90. The number of amides is 3. The maximum absolute atomic E-state index is 12.6. The fraction of sp³-hybridized carbons (Fsp3) is 0.684. The van der Waals surface area contributed by atoms with Crippen LogP contribution in [0.3, 0.4) is 0 Å². The molecule has 14 nitrogen and oxygen atoms in total. The van der Waals surface area contributed by atoms with Crippen LogP contribution in [0.1, 0.15) is 46.0 Å². The summed E-state index contributed by atoms with van der Waals surface area (Å²) in [6.45, 7) is 3.31. The second kappa shape index (κ2) is 15.4. The summed E-state index contributed by atoms with van der Waals surface area (Å²) >= 11 is 0. The standard InChI is InChI=1S/C19H35N7O7/c1-3-10(2)15(20)17(31)26-11(5-4-8-23-19(21)22)16(30)24-9-13(27)25-12(18(32)33)6-7-14(28)29/h10-12,15H,3-9,20H2,1-2H3,(H,24,30)(H,25,27)(H,26,31)(H,28,29)(H,32,33)(H4,21,22,23). The Morgan fingerprint density at radius 2 is 1.61 bits per heavy atom. The van der Waals surface area contributed by atoms with E-state index in [-0.39, 0.29) is 31.3 Å². The average molecular weight is 474 g/mol. The lowest BCUT2D eigenvalue weighted by Crippen LogP contribution is -2.54. The van der Waals surface area contributed by atoms with E-state index in [2.05, 4.69) is 20.9 Å². The molecule has 0 heterocycles. The zero-order valence-corrected chi connectivity index (χ0v) is 18.9. The quantitative estimate of drug-likeness (QED) is 0.0661. The smallest absolute Gasteiger partial charge is 0.326 e. The maximum Gasteiger partial charge on any atom is 0.326 e. The first-order chi connectivity index (χ1) is 15.4. The highest BCUT2D eigenvalue weighted by Gasteiger charge is 2.27. The number of nitrogens with zero attached hydrogens (tertiary/aromatic N) is 1. The van der Waals surface area contributed by atoms with Gasteiger partial charge in [-0.05, 0) is 25.2 Å². The number of carbonyl (C=O) groups excluding carboxylic acids is 3. The molecule has 0 aromatic heterocycles. The molecular weight excluding hydrogens is 438 g/mol. The number of nitrogens with two attached hydrogens (primary N) is 3. The number of rotatable bonds is 16. The fourth-order valence-electron chi connectivity index (χ4n) is 2.61. The number of carboxylic acid groups (broad SMARTS) is 2. The van der Waals surface area contributed by atoms with Crippen molar-refractivity contribution in [2.75, 3.05) is 13.1 Å². The number of carbonyl (C=O) groups is 5. The molecule has 0 bridgehead atoms. The predicted molar refractivity (Wildman–Crippen MR) is 119 cm³/mol. The van der Waals surface area contributed by atoms with E-state index >= 15 is 0 Å². The lowest BCUT2D eigenvalue weighted by Gasteiger charge is -2.23. The number of nitrogens with one attached hydrogen (secondary N) is 3. The molecule has 0 spiro atoms. The summed E-state index contributed by atoms with van der Waals surface area (Å²) < 4.78 is 0. The number of aliphatic carboxylic acids is 2. The van der Waals surface area contributed by atoms with E-state index < -0.39 is 60.8 Å². The van der Waals surface area contributed by atoms with Crippen LogP contribution in [0.4, 0.5) is 0 Å². The molecule has 0 aliphatic heterocycles. The Hall–Kier alpha value is -3.42. The summed E-state index contributed by atoms with van der Waals surface area (Å²) in [5.41, 5.74) is 16.4. The van der Waals surface area contributed by atoms with E-state index in [0.29, 0.717) is 12.8 Å². The van der Waals surface area contributed by atoms with Gasteiger partial charge in [0, 0.05) is 13.0 Å². The molecule has 0 aromatic carbocycles. The summed E-state index contributed by atoms with van der Waals surface area (Å²) in [4.78, 5) is 62.6. The van der Waals surface area contributed by atoms with Crippen molar-refractivity contribution >= 4 is 35.6 Å². The van der Waals surface area contributed by atoms with Crippen molar-refractivity contribution in [1.82, 2.24) is 16.0 Å². The monoisotopic (exact) mass is 473 g/mol. The Bertz CT molecular complexity index is 725. The zero-order valence-electron chi connectivity index (χ0n) is 18.9. The van der Waals surface area contributed by atoms with Crippen molar-refractivity contribution in [2.24, 2.45) is 28.1 Å². The second-order valence-corrected chi connectivity index (χ2v) is 7.53. The van der Waals surface area contributed by atoms with Crippen LogP contribution in [0, 0.1) is 5.92 Å². The first kappa shape index (κ1) is 29.6. The zero-order chi connectivity index (χ0) is 25.6. The van der Waals surface area contributed by atoms with Gasteiger partial charge in [-0.1, -0.05) is 20.3 Å². The first-order valence-electron chi connectivity index (χ1n) is 10.5. The highest BCUT2D eigenvalue weighted by molar-refractivity contribution is 5.92. The molecule has 0 rings (SSSR count). The molecule has 0 radical (unpaired) electrons. The van der Waals surface area contributed by atoms with Crippen LogP contribution in [0.15, 0.2) is 4.99 Å². The van der Waals surface area contributed by atoms with E-state index in [0.717, 1.165) is 0 Å². The second-order valence-electron chi connectivity index (χ2n) is 7.53. The molecule has 4 atom stereocenters. The molecule has 0 aromatic rings. The van der Waals surface area contributed by atoms with Crippen LogP contribution in [-0.2, 0) is 24.0 Å². The minimum atomic E-state index is -1.42. The Labute approximate surface area is 191 Å². The van der Waals surface area contributed by atoms with E-state index in [9.17, 15) is 24.0 Å². The van der Waals surface area contributed by atoms with Gasteiger partial charge in [0.1, 0.15) is 12.1 Å². The summed E-state index contributed by atoms with van der Waals surface area (Å²) in [5, 5.41) is 24.8. The van der Waals surface area contributed by atoms with Gasteiger partial charge in [-0.25, -0.2) is 4.79 Å². The Balaban J connectivity index is 5.02. The van der Waals surface area contributed by atoms with Crippen LogP contribution in [0.25, 0.3) is 0 Å². The van der Waals surface area contributed by atoms with Gasteiger partial charge >= 0.3 is 11.9 Å². The number of guanidine groups is 1. The third kappa shape index (κ3) is 12.9. The van der Waals surface area contributed by atoms with Gasteiger partial charge in [0.15, 0.2) is 5.96 Å². The van der Waals surface area contributed by atoms with Gasteiger partial charge in [0.2, 0.25) is 17.7 Å². The molecule has 33 heavy (non-hydrogen) atoms. The lowest BCUT2D eigenvalue weighted by atomic mass is 9.98. The third-order valence-corrected chi connectivity index (χ3v) is 4.84. The van der Waals surface area contributed by atoms with Crippen molar-refractivity contribution < 1.29 is 34.2 Å². The minimum absolute atomic E-state index is 0.119. The number of aliphatic imine (C=N–C) groups is 1. The van der Waals surface area contributed by atoms with Crippen molar-refractivity contribution in [3.8, 4) is 0 Å². The van der Waals surface area contributed by atoms with E-state index in [4.69, 9.17) is 27.4 Å². The summed E-state index contributed by atoms with van der Waals surface area (Å²) in [6.07, 6.45) is 0.380. The number of hydrogen-bond donors (Lipinski definition) is 8. The van der Waals surface area contributed by atoms with Crippen LogP contribution in [0.5, 0.6) is 0 Å². The van der Waals surface area contributed by atoms with Crippen molar-refractivity contribution in [2.45, 2.75) is 64.1 Å². The Morgan fingerprint density at radius 3 is 2.12 bits per heavy atom. The van der Waals surface area contributed by atoms with Gasteiger partial charge in [-0.3, -0.25) is 24.2 Å². The average Bonchev–Trinajstić information content (AvgIpc) is 2.74. The molecule has 0 fully saturated rings. The van der Waals surface area contributed by atoms with Gasteiger partial charge < -0.3 is 43.4 Å². The summed E-state index contributed by atoms with van der Waals surface area (Å²) in [6, 6.07) is -3.29. The van der Waals surface area contributed by atoms with Crippen molar-refractivity contribution in [3.63, 3.8) is 0 Å². The number of hydrogen-bond acceptors (Lipinski definition) is 7. The highest BCUT2D eigenvalue weighted by atomic mass is 16.4. The van der Waals surface area contributed by atoms with Crippen molar-refractivity contribution in [3.05, 3.63) is 0 Å². The Kier molecular flexibility index (Phi) is 13.8. The molecule has 0 aliphatic carbocycles. The predicted octanol–water partition coefficient (Wildman–Crippen LogP) is -2.55. The lowest BCUT2D eigenvalue weighted by molar-refractivity contribution is -0.143. The number of carboxylic acids is 2. The fourth-order valence-corrected chi connectivity index (χ4v) is 2.61. The van der Waals surface area contributed by atoms with Gasteiger partial charge in [-0.15, -0.1) is 0 Å². The Morgan fingerprint density at radius 1 is 0.970 bits per heavy atom. The summed E-state index contributed by atoms with van der Waals surface area (Å²) in [7, 11) is 0. The molecule has 0 saturated carbocycles. The maximum atomic E-state index is 12.6. The highest BCUT2D eigenvalue weighted by Crippen LogP contribution is 2.07. The largest absolute Gasteiger partial charge is 0.481 e. The first-order valence-corrected chi connectivity index (χ1v) is 10.5. The molecule has 3 amide bonds. The van der Waals surface area contributed by atoms with Crippen LogP contribution >= 0.6 is 0 Å².